The van der Waals surface area contributed by atoms with Crippen molar-refractivity contribution in [2.75, 3.05) is 18.8 Å². The Morgan fingerprint density at radius 2 is 0.958 bits per heavy atom. The molecule has 2 fully saturated rings. The second-order valence-electron chi connectivity index (χ2n) is 10.4. The third-order valence-corrected chi connectivity index (χ3v) is 10.4. The molecule has 0 saturated heterocycles. The average Bonchev–Trinajstić information content (AvgIpc) is 2.73. The zero-order valence-corrected chi connectivity index (χ0v) is 18.4. The maximum absolute atomic E-state index is 2.69. The van der Waals surface area contributed by atoms with E-state index in [2.05, 4.69) is 32.6 Å². The number of hydrogen-bond acceptors (Lipinski definition) is 0. The molecule has 2 saturated carbocycles. The van der Waals surface area contributed by atoms with Gasteiger partial charge < -0.3 is 0 Å². The SMILES string of the molecule is CC1(C2(C)CCCC(S(C)(C)C)CC2)CCCCCCCCCC1. The molecule has 2 aliphatic carbocycles. The Bertz CT molecular complexity index is 355. The summed E-state index contributed by atoms with van der Waals surface area (Å²) in [5, 5.41) is 1.02. The lowest BCUT2D eigenvalue weighted by molar-refractivity contribution is 0.0282. The molecule has 0 radical (unpaired) electrons. The van der Waals surface area contributed by atoms with Crippen molar-refractivity contribution >= 4 is 10.0 Å². The highest BCUT2D eigenvalue weighted by molar-refractivity contribution is 8.32. The summed E-state index contributed by atoms with van der Waals surface area (Å²) in [6.07, 6.45) is 30.0. The first-order chi connectivity index (χ1) is 11.3. The molecule has 144 valence electrons. The summed E-state index contributed by atoms with van der Waals surface area (Å²) in [6, 6.07) is 0. The maximum atomic E-state index is 2.69. The smallest absolute Gasteiger partial charge is 0.0119 e. The van der Waals surface area contributed by atoms with Crippen molar-refractivity contribution in [3.63, 3.8) is 0 Å². The van der Waals surface area contributed by atoms with Gasteiger partial charge in [0.05, 0.1) is 0 Å². The van der Waals surface area contributed by atoms with E-state index >= 15 is 0 Å². The van der Waals surface area contributed by atoms with Crippen LogP contribution in [0.1, 0.15) is 110 Å². The number of hydrogen-bond donors (Lipinski definition) is 0. The van der Waals surface area contributed by atoms with Gasteiger partial charge in [0.2, 0.25) is 0 Å². The third-order valence-electron chi connectivity index (χ3n) is 7.94. The van der Waals surface area contributed by atoms with Crippen LogP contribution in [0.4, 0.5) is 0 Å². The predicted octanol–water partition coefficient (Wildman–Crippen LogP) is 7.94. The van der Waals surface area contributed by atoms with Gasteiger partial charge in [-0.2, -0.15) is 0 Å². The minimum atomic E-state index is -0.378. The van der Waals surface area contributed by atoms with E-state index in [0.717, 1.165) is 5.25 Å². The van der Waals surface area contributed by atoms with E-state index in [1.54, 1.807) is 0 Å². The second kappa shape index (κ2) is 8.83. The van der Waals surface area contributed by atoms with Gasteiger partial charge in [-0.15, -0.1) is 0 Å². The fourth-order valence-corrected chi connectivity index (χ4v) is 7.30. The summed E-state index contributed by atoms with van der Waals surface area (Å²) in [6.45, 7) is 5.38. The summed E-state index contributed by atoms with van der Waals surface area (Å²) in [5.41, 5.74) is 1.19. The van der Waals surface area contributed by atoms with Crippen LogP contribution < -0.4 is 0 Å². The molecule has 2 atom stereocenters. The lowest BCUT2D eigenvalue weighted by Gasteiger charge is -2.48. The van der Waals surface area contributed by atoms with E-state index in [1.165, 1.54) is 96.3 Å². The predicted molar refractivity (Wildman–Crippen MR) is 115 cm³/mol. The lowest BCUT2D eigenvalue weighted by Crippen LogP contribution is -2.37. The van der Waals surface area contributed by atoms with Crippen molar-refractivity contribution in [3.05, 3.63) is 0 Å². The standard InChI is InChI=1S/C23H46S/c1-22(17-12-10-8-6-7-9-11-13-18-22)23(2)19-14-15-21(16-20-23)24(3,4)5/h21H,6-20H2,1-5H3. The van der Waals surface area contributed by atoms with E-state index in [1.807, 2.05) is 0 Å². The van der Waals surface area contributed by atoms with Crippen LogP contribution in [0.2, 0.25) is 0 Å². The Morgan fingerprint density at radius 3 is 1.46 bits per heavy atom. The molecule has 0 N–H and O–H groups in total. The molecule has 0 spiro atoms. The highest BCUT2D eigenvalue weighted by atomic mass is 32.3. The molecule has 0 amide bonds. The number of rotatable bonds is 2. The van der Waals surface area contributed by atoms with Crippen molar-refractivity contribution in [3.8, 4) is 0 Å². The quantitative estimate of drug-likeness (QED) is 0.441. The van der Waals surface area contributed by atoms with Crippen LogP contribution >= 0.6 is 10.0 Å². The molecular weight excluding hydrogens is 308 g/mol. The molecule has 0 bridgehead atoms. The van der Waals surface area contributed by atoms with Crippen LogP contribution in [0.15, 0.2) is 0 Å². The molecule has 1 heteroatoms. The van der Waals surface area contributed by atoms with Gasteiger partial charge in [0.15, 0.2) is 0 Å². The molecular formula is C23H46S. The minimum Gasteiger partial charge on any atom is -0.247 e. The van der Waals surface area contributed by atoms with Crippen LogP contribution in [0, 0.1) is 10.8 Å². The van der Waals surface area contributed by atoms with Gasteiger partial charge in [0.25, 0.3) is 0 Å². The van der Waals surface area contributed by atoms with E-state index in [0.29, 0.717) is 10.8 Å². The van der Waals surface area contributed by atoms with Gasteiger partial charge >= 0.3 is 0 Å². The van der Waals surface area contributed by atoms with Crippen molar-refractivity contribution in [1.29, 1.82) is 0 Å². The van der Waals surface area contributed by atoms with Gasteiger partial charge in [0, 0.05) is 0 Å². The van der Waals surface area contributed by atoms with E-state index in [4.69, 9.17) is 0 Å². The Kier molecular flexibility index (Phi) is 7.60. The Labute approximate surface area is 155 Å². The van der Waals surface area contributed by atoms with E-state index in [-0.39, 0.29) is 10.0 Å². The van der Waals surface area contributed by atoms with Crippen LogP contribution in [0.25, 0.3) is 0 Å². The minimum absolute atomic E-state index is 0.378. The summed E-state index contributed by atoms with van der Waals surface area (Å²) in [4.78, 5) is 0. The Balaban J connectivity index is 2.08. The summed E-state index contributed by atoms with van der Waals surface area (Å²) in [7, 11) is -0.378. The lowest BCUT2D eigenvalue weighted by atomic mass is 9.57. The molecule has 24 heavy (non-hydrogen) atoms. The fraction of sp³-hybridized carbons (Fsp3) is 1.00. The van der Waals surface area contributed by atoms with Gasteiger partial charge in [-0.3, -0.25) is 0 Å². The van der Waals surface area contributed by atoms with Crippen LogP contribution in [0.5, 0.6) is 0 Å². The fourth-order valence-electron chi connectivity index (χ4n) is 5.60. The van der Waals surface area contributed by atoms with Crippen molar-refractivity contribution in [2.24, 2.45) is 10.8 Å². The first-order valence-corrected chi connectivity index (χ1v) is 13.9. The van der Waals surface area contributed by atoms with Crippen LogP contribution in [0.3, 0.4) is 0 Å². The van der Waals surface area contributed by atoms with Crippen LogP contribution in [-0.2, 0) is 0 Å². The van der Waals surface area contributed by atoms with Gasteiger partial charge in [-0.05, 0) is 73.4 Å². The van der Waals surface area contributed by atoms with Crippen molar-refractivity contribution < 1.29 is 0 Å². The first-order valence-electron chi connectivity index (χ1n) is 10.9. The summed E-state index contributed by atoms with van der Waals surface area (Å²) < 4.78 is 0. The van der Waals surface area contributed by atoms with E-state index < -0.39 is 0 Å². The molecule has 2 rings (SSSR count). The molecule has 0 aromatic rings. The summed E-state index contributed by atoms with van der Waals surface area (Å²) >= 11 is 0. The van der Waals surface area contributed by atoms with Crippen LogP contribution in [-0.4, -0.2) is 24.0 Å². The topological polar surface area (TPSA) is 0 Å². The Morgan fingerprint density at radius 1 is 0.542 bits per heavy atom. The Hall–Kier alpha value is 0.350. The molecule has 0 aromatic carbocycles. The molecule has 0 heterocycles. The highest BCUT2D eigenvalue weighted by Gasteiger charge is 2.44. The zero-order valence-electron chi connectivity index (χ0n) is 17.6. The van der Waals surface area contributed by atoms with Gasteiger partial charge in [-0.25, -0.2) is 10.0 Å². The van der Waals surface area contributed by atoms with Crippen molar-refractivity contribution in [2.45, 2.75) is 115 Å². The summed E-state index contributed by atoms with van der Waals surface area (Å²) in [5.74, 6) is 0. The van der Waals surface area contributed by atoms with E-state index in [9.17, 15) is 0 Å². The average molecular weight is 355 g/mol. The molecule has 0 aliphatic heterocycles. The zero-order chi connectivity index (χ0) is 17.7. The molecule has 2 unspecified atom stereocenters. The highest BCUT2D eigenvalue weighted by Crippen LogP contribution is 2.57. The maximum Gasteiger partial charge on any atom is -0.0119 e. The van der Waals surface area contributed by atoms with Crippen molar-refractivity contribution in [1.82, 2.24) is 0 Å². The second-order valence-corrected chi connectivity index (χ2v) is 15.0. The monoisotopic (exact) mass is 354 g/mol. The normalized spacial score (nSPS) is 34.8. The first kappa shape index (κ1) is 20.7. The third kappa shape index (κ3) is 5.42. The van der Waals surface area contributed by atoms with Gasteiger partial charge in [-0.1, -0.05) is 71.6 Å². The molecule has 2 aliphatic rings. The largest absolute Gasteiger partial charge is 0.247 e. The van der Waals surface area contributed by atoms with Gasteiger partial charge in [0.1, 0.15) is 0 Å². The molecule has 0 aromatic heterocycles. The molecule has 0 nitrogen and oxygen atoms in total.